The van der Waals surface area contributed by atoms with E-state index >= 15 is 0 Å². The Morgan fingerprint density at radius 1 is 1.53 bits per heavy atom. The number of aromatic amines is 1. The standard InChI is InChI=1S/C9H14N6O3S/c1-2-15-6-11-13-8(15)4-12-19(17,18)9-7(5-16)3-10-14-9/h3,6,12,16H,2,4-5H2,1H3,(H,10,14). The van der Waals surface area contributed by atoms with Crippen molar-refractivity contribution in [3.8, 4) is 0 Å². The van der Waals surface area contributed by atoms with Crippen molar-refractivity contribution in [3.63, 3.8) is 0 Å². The molecule has 0 aliphatic rings. The molecule has 0 aliphatic carbocycles. The molecule has 0 bridgehead atoms. The fraction of sp³-hybridized carbons (Fsp3) is 0.444. The van der Waals surface area contributed by atoms with Gasteiger partial charge in [0, 0.05) is 12.1 Å². The van der Waals surface area contributed by atoms with E-state index in [2.05, 4.69) is 25.1 Å². The van der Waals surface area contributed by atoms with Gasteiger partial charge in [0.05, 0.1) is 19.3 Å². The molecule has 2 aromatic rings. The van der Waals surface area contributed by atoms with Crippen LogP contribution in [-0.4, -0.2) is 38.5 Å². The summed E-state index contributed by atoms with van der Waals surface area (Å²) in [5, 5.41) is 22.4. The summed E-state index contributed by atoms with van der Waals surface area (Å²) in [7, 11) is -3.77. The highest BCUT2D eigenvalue weighted by molar-refractivity contribution is 7.89. The SMILES string of the molecule is CCn1cnnc1CNS(=O)(=O)c1[nH]ncc1CO. The summed E-state index contributed by atoms with van der Waals surface area (Å²) in [6, 6.07) is 0. The third-order valence-corrected chi connectivity index (χ3v) is 3.99. The quantitative estimate of drug-likeness (QED) is 0.625. The minimum absolute atomic E-state index is 0.0140. The highest BCUT2D eigenvalue weighted by atomic mass is 32.2. The molecule has 104 valence electrons. The number of H-pyrrole nitrogens is 1. The van der Waals surface area contributed by atoms with Gasteiger partial charge in [-0.3, -0.25) is 5.10 Å². The first-order valence-electron chi connectivity index (χ1n) is 5.58. The summed E-state index contributed by atoms with van der Waals surface area (Å²) in [4.78, 5) is 0. The summed E-state index contributed by atoms with van der Waals surface area (Å²) in [5.74, 6) is 0.510. The largest absolute Gasteiger partial charge is 0.392 e. The zero-order chi connectivity index (χ0) is 13.9. The van der Waals surface area contributed by atoms with E-state index in [4.69, 9.17) is 5.11 Å². The fourth-order valence-corrected chi connectivity index (χ4v) is 2.65. The van der Waals surface area contributed by atoms with Crippen LogP contribution in [0.3, 0.4) is 0 Å². The summed E-state index contributed by atoms with van der Waals surface area (Å²) < 4.78 is 28.1. The van der Waals surface area contributed by atoms with Crippen LogP contribution < -0.4 is 4.72 Å². The van der Waals surface area contributed by atoms with E-state index in [1.165, 1.54) is 12.5 Å². The second-order valence-electron chi connectivity index (χ2n) is 3.74. The van der Waals surface area contributed by atoms with Crippen LogP contribution in [0.15, 0.2) is 17.6 Å². The van der Waals surface area contributed by atoms with Gasteiger partial charge in [-0.1, -0.05) is 0 Å². The number of sulfonamides is 1. The predicted octanol–water partition coefficient (Wildman–Crippen LogP) is -1.01. The molecule has 0 aromatic carbocycles. The Kier molecular flexibility index (Phi) is 3.93. The van der Waals surface area contributed by atoms with Crippen molar-refractivity contribution in [1.29, 1.82) is 0 Å². The molecule has 19 heavy (non-hydrogen) atoms. The number of hydrogen-bond acceptors (Lipinski definition) is 6. The van der Waals surface area contributed by atoms with Crippen LogP contribution in [0.4, 0.5) is 0 Å². The molecule has 0 saturated carbocycles. The number of aromatic nitrogens is 5. The Morgan fingerprint density at radius 3 is 3.00 bits per heavy atom. The van der Waals surface area contributed by atoms with Gasteiger partial charge in [-0.25, -0.2) is 13.1 Å². The van der Waals surface area contributed by atoms with E-state index < -0.39 is 16.6 Å². The van der Waals surface area contributed by atoms with Crippen molar-refractivity contribution in [3.05, 3.63) is 23.9 Å². The van der Waals surface area contributed by atoms with Gasteiger partial charge in [0.2, 0.25) is 0 Å². The van der Waals surface area contributed by atoms with E-state index in [9.17, 15) is 8.42 Å². The molecule has 0 radical (unpaired) electrons. The summed E-state index contributed by atoms with van der Waals surface area (Å²) in [5.41, 5.74) is 0.212. The first-order chi connectivity index (χ1) is 9.08. The van der Waals surface area contributed by atoms with Gasteiger partial charge in [-0.05, 0) is 6.92 Å². The maximum absolute atomic E-state index is 12.0. The summed E-state index contributed by atoms with van der Waals surface area (Å²) in [6.45, 7) is 2.16. The van der Waals surface area contributed by atoms with Gasteiger partial charge in [0.15, 0.2) is 5.03 Å². The lowest BCUT2D eigenvalue weighted by Gasteiger charge is -2.06. The average molecular weight is 286 g/mol. The summed E-state index contributed by atoms with van der Waals surface area (Å²) >= 11 is 0. The number of aliphatic hydroxyl groups is 1. The third kappa shape index (κ3) is 2.80. The zero-order valence-electron chi connectivity index (χ0n) is 10.2. The molecular weight excluding hydrogens is 272 g/mol. The highest BCUT2D eigenvalue weighted by Gasteiger charge is 2.20. The molecule has 10 heteroatoms. The molecule has 2 aromatic heterocycles. The smallest absolute Gasteiger partial charge is 0.258 e. The molecule has 9 nitrogen and oxygen atoms in total. The van der Waals surface area contributed by atoms with Crippen molar-refractivity contribution in [2.24, 2.45) is 0 Å². The lowest BCUT2D eigenvalue weighted by atomic mass is 10.4. The van der Waals surface area contributed by atoms with Gasteiger partial charge in [-0.15, -0.1) is 10.2 Å². The first-order valence-corrected chi connectivity index (χ1v) is 7.06. The number of rotatable bonds is 6. The van der Waals surface area contributed by atoms with Crippen molar-refractivity contribution < 1.29 is 13.5 Å². The van der Waals surface area contributed by atoms with Crippen molar-refractivity contribution in [2.75, 3.05) is 0 Å². The number of aryl methyl sites for hydroxylation is 1. The molecule has 0 aliphatic heterocycles. The second-order valence-corrected chi connectivity index (χ2v) is 5.44. The Hall–Kier alpha value is -1.78. The predicted molar refractivity (Wildman–Crippen MR) is 64.2 cm³/mol. The van der Waals surface area contributed by atoms with Gasteiger partial charge >= 0.3 is 0 Å². The van der Waals surface area contributed by atoms with Crippen molar-refractivity contribution in [2.45, 2.75) is 31.6 Å². The normalized spacial score (nSPS) is 11.9. The van der Waals surface area contributed by atoms with Gasteiger partial charge < -0.3 is 9.67 Å². The average Bonchev–Trinajstić information content (AvgIpc) is 3.04. The molecule has 0 saturated heterocycles. The Morgan fingerprint density at radius 2 is 2.32 bits per heavy atom. The lowest BCUT2D eigenvalue weighted by molar-refractivity contribution is 0.278. The van der Waals surface area contributed by atoms with E-state index in [0.29, 0.717) is 12.4 Å². The number of nitrogens with zero attached hydrogens (tertiary/aromatic N) is 4. The number of hydrogen-bond donors (Lipinski definition) is 3. The van der Waals surface area contributed by atoms with Gasteiger partial charge in [0.25, 0.3) is 10.0 Å². The van der Waals surface area contributed by atoms with E-state index in [0.717, 1.165) is 0 Å². The molecule has 2 rings (SSSR count). The number of nitrogens with one attached hydrogen (secondary N) is 2. The maximum atomic E-state index is 12.0. The molecule has 2 heterocycles. The monoisotopic (exact) mass is 286 g/mol. The molecule has 0 unspecified atom stereocenters. The second kappa shape index (κ2) is 5.47. The molecule has 0 atom stereocenters. The van der Waals surface area contributed by atoms with Crippen LogP contribution in [0.25, 0.3) is 0 Å². The van der Waals surface area contributed by atoms with E-state index in [1.807, 2.05) is 6.92 Å². The molecule has 0 amide bonds. The number of aliphatic hydroxyl groups excluding tert-OH is 1. The maximum Gasteiger partial charge on any atom is 0.258 e. The van der Waals surface area contributed by atoms with E-state index in [-0.39, 0.29) is 17.1 Å². The molecule has 0 spiro atoms. The van der Waals surface area contributed by atoms with Crippen LogP contribution in [0.5, 0.6) is 0 Å². The van der Waals surface area contributed by atoms with Crippen molar-refractivity contribution in [1.82, 2.24) is 29.7 Å². The Balaban J connectivity index is 2.14. The van der Waals surface area contributed by atoms with Crippen LogP contribution in [0.1, 0.15) is 18.3 Å². The van der Waals surface area contributed by atoms with Crippen LogP contribution in [0.2, 0.25) is 0 Å². The minimum atomic E-state index is -3.77. The summed E-state index contributed by atoms with van der Waals surface area (Å²) in [6.07, 6.45) is 2.79. The molecular formula is C9H14N6O3S. The van der Waals surface area contributed by atoms with Gasteiger partial charge in [0.1, 0.15) is 12.2 Å². The fourth-order valence-electron chi connectivity index (χ4n) is 1.56. The van der Waals surface area contributed by atoms with Crippen LogP contribution >= 0.6 is 0 Å². The van der Waals surface area contributed by atoms with Crippen LogP contribution in [0, 0.1) is 0 Å². The van der Waals surface area contributed by atoms with Crippen LogP contribution in [-0.2, 0) is 29.7 Å². The Labute approximate surface area is 109 Å². The molecule has 0 fully saturated rings. The minimum Gasteiger partial charge on any atom is -0.392 e. The van der Waals surface area contributed by atoms with E-state index in [1.54, 1.807) is 4.57 Å². The molecule has 3 N–H and O–H groups in total. The zero-order valence-corrected chi connectivity index (χ0v) is 11.1. The van der Waals surface area contributed by atoms with Crippen molar-refractivity contribution >= 4 is 10.0 Å². The first kappa shape index (κ1) is 13.6. The topological polar surface area (TPSA) is 126 Å². The lowest BCUT2D eigenvalue weighted by Crippen LogP contribution is -2.26. The third-order valence-electron chi connectivity index (χ3n) is 2.57. The highest BCUT2D eigenvalue weighted by Crippen LogP contribution is 2.11. The van der Waals surface area contributed by atoms with Gasteiger partial charge in [-0.2, -0.15) is 5.10 Å². The Bertz CT molecular complexity index is 646.